The van der Waals surface area contributed by atoms with Gasteiger partial charge in [-0.25, -0.2) is 14.3 Å². The Bertz CT molecular complexity index is 783. The normalized spacial score (nSPS) is 12.3. The van der Waals surface area contributed by atoms with Gasteiger partial charge >= 0.3 is 5.97 Å². The predicted octanol–water partition coefficient (Wildman–Crippen LogP) is 2.35. The van der Waals surface area contributed by atoms with Crippen LogP contribution in [0.2, 0.25) is 0 Å². The Morgan fingerprint density at radius 3 is 2.81 bits per heavy atom. The van der Waals surface area contributed by atoms with Crippen LogP contribution in [-0.4, -0.2) is 25.6 Å². The number of hydrogen-bond acceptors (Lipinski definition) is 5. The van der Waals surface area contributed by atoms with Gasteiger partial charge in [0.25, 0.3) is 0 Å². The molecule has 0 aliphatic rings. The topological polar surface area (TPSA) is 69.4 Å². The Hall–Kier alpha value is -2.76. The number of aryl methyl sites for hydroxylation is 1. The molecule has 0 bridgehead atoms. The van der Waals surface area contributed by atoms with Crippen LogP contribution in [0.25, 0.3) is 5.65 Å². The fourth-order valence-corrected chi connectivity index (χ4v) is 2.13. The minimum Gasteiger partial charge on any atom is -0.452 e. The van der Waals surface area contributed by atoms with E-state index < -0.39 is 12.1 Å². The van der Waals surface area contributed by atoms with Crippen molar-refractivity contribution in [3.63, 3.8) is 0 Å². The van der Waals surface area contributed by atoms with Crippen molar-refractivity contribution in [2.24, 2.45) is 0 Å². The molecule has 6 nitrogen and oxygen atoms in total. The van der Waals surface area contributed by atoms with Crippen molar-refractivity contribution < 1.29 is 9.53 Å². The zero-order valence-electron chi connectivity index (χ0n) is 11.7. The number of ether oxygens (including phenoxy) is 1. The van der Waals surface area contributed by atoms with Crippen LogP contribution in [0.5, 0.6) is 0 Å². The smallest absolute Gasteiger partial charge is 0.344 e. The Kier molecular flexibility index (Phi) is 3.35. The molecular formula is C15H14N4O2. The van der Waals surface area contributed by atoms with Crippen LogP contribution in [0.3, 0.4) is 0 Å². The molecule has 3 rings (SSSR count). The van der Waals surface area contributed by atoms with Crippen molar-refractivity contribution in [3.8, 4) is 0 Å². The average Bonchev–Trinajstić information content (AvgIpc) is 2.83. The molecule has 21 heavy (non-hydrogen) atoms. The number of carbonyl (C=O) groups excluding carboxylic acids is 1. The fraction of sp³-hybridized carbons (Fsp3) is 0.200. The molecule has 0 aliphatic heterocycles. The Balaban J connectivity index is 1.89. The number of nitrogens with zero attached hydrogens (tertiary/aromatic N) is 4. The summed E-state index contributed by atoms with van der Waals surface area (Å²) >= 11 is 0. The van der Waals surface area contributed by atoms with E-state index in [0.29, 0.717) is 22.6 Å². The van der Waals surface area contributed by atoms with Gasteiger partial charge in [-0.15, -0.1) is 0 Å². The fourth-order valence-electron chi connectivity index (χ4n) is 2.13. The molecule has 3 heterocycles. The second-order valence-electron chi connectivity index (χ2n) is 4.65. The Morgan fingerprint density at radius 1 is 1.24 bits per heavy atom. The summed E-state index contributed by atoms with van der Waals surface area (Å²) in [5.74, 6) is -0.445. The van der Waals surface area contributed by atoms with Crippen LogP contribution in [0, 0.1) is 6.92 Å². The lowest BCUT2D eigenvalue weighted by atomic mass is 10.2. The molecule has 3 aromatic rings. The van der Waals surface area contributed by atoms with Crippen molar-refractivity contribution in [3.05, 3.63) is 59.8 Å². The standard InChI is InChI=1S/C15H14N4O2/c1-10-13(14-17-8-5-9-19(14)18-10)15(20)21-11(2)12-6-3-4-7-16-12/h3-9,11H,1-2H3. The molecule has 0 aliphatic carbocycles. The second kappa shape index (κ2) is 5.32. The molecular weight excluding hydrogens is 268 g/mol. The van der Waals surface area contributed by atoms with Crippen LogP contribution in [-0.2, 0) is 4.74 Å². The predicted molar refractivity (Wildman–Crippen MR) is 75.8 cm³/mol. The van der Waals surface area contributed by atoms with E-state index in [9.17, 15) is 4.79 Å². The number of carbonyl (C=O) groups is 1. The summed E-state index contributed by atoms with van der Waals surface area (Å²) in [7, 11) is 0. The molecule has 0 N–H and O–H groups in total. The molecule has 0 saturated heterocycles. The van der Waals surface area contributed by atoms with Crippen LogP contribution < -0.4 is 0 Å². The van der Waals surface area contributed by atoms with Crippen LogP contribution in [0.1, 0.15) is 34.8 Å². The summed E-state index contributed by atoms with van der Waals surface area (Å²) in [6.07, 6.45) is 4.60. The number of aromatic nitrogens is 4. The number of esters is 1. The van der Waals surface area contributed by atoms with Crippen molar-refractivity contribution >= 4 is 11.6 Å². The lowest BCUT2D eigenvalue weighted by molar-refractivity contribution is 0.0330. The van der Waals surface area contributed by atoms with Crippen molar-refractivity contribution in [2.45, 2.75) is 20.0 Å². The highest BCUT2D eigenvalue weighted by Gasteiger charge is 2.22. The highest BCUT2D eigenvalue weighted by atomic mass is 16.5. The first-order valence-corrected chi connectivity index (χ1v) is 6.58. The maximum atomic E-state index is 12.4. The Morgan fingerprint density at radius 2 is 2.05 bits per heavy atom. The van der Waals surface area contributed by atoms with Crippen LogP contribution >= 0.6 is 0 Å². The summed E-state index contributed by atoms with van der Waals surface area (Å²) in [5, 5.41) is 4.25. The van der Waals surface area contributed by atoms with Gasteiger partial charge in [-0.05, 0) is 32.0 Å². The zero-order chi connectivity index (χ0) is 14.8. The molecule has 1 atom stereocenters. The lowest BCUT2D eigenvalue weighted by Crippen LogP contribution is -2.11. The average molecular weight is 282 g/mol. The van der Waals surface area contributed by atoms with E-state index in [1.54, 1.807) is 43.0 Å². The number of hydrogen-bond donors (Lipinski definition) is 0. The van der Waals surface area contributed by atoms with E-state index in [1.807, 2.05) is 18.2 Å². The number of pyridine rings is 1. The van der Waals surface area contributed by atoms with Crippen molar-refractivity contribution in [1.29, 1.82) is 0 Å². The summed E-state index contributed by atoms with van der Waals surface area (Å²) < 4.78 is 7.04. The van der Waals surface area contributed by atoms with E-state index in [-0.39, 0.29) is 0 Å². The molecule has 3 aromatic heterocycles. The van der Waals surface area contributed by atoms with Crippen LogP contribution in [0.15, 0.2) is 42.9 Å². The van der Waals surface area contributed by atoms with Crippen molar-refractivity contribution in [2.75, 3.05) is 0 Å². The van der Waals surface area contributed by atoms with Gasteiger partial charge in [-0.1, -0.05) is 6.07 Å². The quantitative estimate of drug-likeness (QED) is 0.690. The van der Waals surface area contributed by atoms with Gasteiger partial charge in [0.2, 0.25) is 0 Å². The second-order valence-corrected chi connectivity index (χ2v) is 4.65. The largest absolute Gasteiger partial charge is 0.452 e. The van der Waals surface area contributed by atoms with Gasteiger partial charge in [-0.2, -0.15) is 5.10 Å². The van der Waals surface area contributed by atoms with E-state index >= 15 is 0 Å². The number of fused-ring (bicyclic) bond motifs is 1. The van der Waals surface area contributed by atoms with Gasteiger partial charge in [0.15, 0.2) is 5.65 Å². The maximum absolute atomic E-state index is 12.4. The van der Waals surface area contributed by atoms with Crippen LogP contribution in [0.4, 0.5) is 0 Å². The molecule has 0 saturated carbocycles. The third kappa shape index (κ3) is 2.47. The molecule has 0 radical (unpaired) electrons. The van der Waals surface area contributed by atoms with Gasteiger partial charge in [0, 0.05) is 18.6 Å². The third-order valence-corrected chi connectivity index (χ3v) is 3.16. The molecule has 0 spiro atoms. The molecule has 6 heteroatoms. The van der Waals surface area contributed by atoms with Gasteiger partial charge < -0.3 is 4.74 Å². The van der Waals surface area contributed by atoms with E-state index in [2.05, 4.69) is 15.1 Å². The third-order valence-electron chi connectivity index (χ3n) is 3.16. The zero-order valence-corrected chi connectivity index (χ0v) is 11.7. The monoisotopic (exact) mass is 282 g/mol. The first-order chi connectivity index (χ1) is 10.2. The molecule has 0 aromatic carbocycles. The molecule has 0 fully saturated rings. The highest BCUT2D eigenvalue weighted by Crippen LogP contribution is 2.19. The van der Waals surface area contributed by atoms with E-state index in [0.717, 1.165) is 0 Å². The van der Waals surface area contributed by atoms with Gasteiger partial charge in [0.05, 0.1) is 11.4 Å². The Labute approximate surface area is 121 Å². The SMILES string of the molecule is Cc1nn2cccnc2c1C(=O)OC(C)c1ccccn1. The molecule has 1 unspecified atom stereocenters. The van der Waals surface area contributed by atoms with E-state index in [1.165, 1.54) is 0 Å². The molecule has 106 valence electrons. The lowest BCUT2D eigenvalue weighted by Gasteiger charge is -2.12. The summed E-state index contributed by atoms with van der Waals surface area (Å²) in [6.45, 7) is 3.55. The van der Waals surface area contributed by atoms with Gasteiger partial charge in [0.1, 0.15) is 11.7 Å². The highest BCUT2D eigenvalue weighted by molar-refractivity contribution is 5.97. The summed E-state index contributed by atoms with van der Waals surface area (Å²) in [6, 6.07) is 7.25. The summed E-state index contributed by atoms with van der Waals surface area (Å²) in [5.41, 5.74) is 2.17. The minimum atomic E-state index is -0.445. The van der Waals surface area contributed by atoms with Crippen molar-refractivity contribution in [1.82, 2.24) is 19.6 Å². The first-order valence-electron chi connectivity index (χ1n) is 6.58. The maximum Gasteiger partial charge on any atom is 0.344 e. The van der Waals surface area contributed by atoms with Gasteiger partial charge in [-0.3, -0.25) is 4.98 Å². The number of rotatable bonds is 3. The first kappa shape index (κ1) is 13.2. The minimum absolute atomic E-state index is 0.387. The van der Waals surface area contributed by atoms with E-state index in [4.69, 9.17) is 4.74 Å². The molecule has 0 amide bonds. The summed E-state index contributed by atoms with van der Waals surface area (Å²) in [4.78, 5) is 20.8.